The number of carbonyl (C=O) groups excluding carboxylic acids is 1. The lowest BCUT2D eigenvalue weighted by Crippen LogP contribution is -2.10. The molecule has 0 unspecified atom stereocenters. The van der Waals surface area contributed by atoms with E-state index in [4.69, 9.17) is 9.90 Å². The van der Waals surface area contributed by atoms with Crippen molar-refractivity contribution in [1.29, 1.82) is 0 Å². The molecule has 0 aliphatic rings. The van der Waals surface area contributed by atoms with Crippen molar-refractivity contribution in [2.75, 3.05) is 0 Å². The summed E-state index contributed by atoms with van der Waals surface area (Å²) in [6.45, 7) is 11.2. The van der Waals surface area contributed by atoms with Crippen molar-refractivity contribution < 1.29 is 9.90 Å². The maximum absolute atomic E-state index is 8.52. The molecule has 0 bridgehead atoms. The molecule has 0 spiro atoms. The molecule has 0 rings (SSSR count). The Balaban J connectivity index is -0.0000000771. The van der Waals surface area contributed by atoms with Gasteiger partial charge in [-0.1, -0.05) is 13.8 Å². The van der Waals surface area contributed by atoms with Crippen LogP contribution < -0.4 is 0 Å². The summed E-state index contributed by atoms with van der Waals surface area (Å²) in [5.41, 5.74) is -0.500. The van der Waals surface area contributed by atoms with Crippen LogP contribution in [0.3, 0.4) is 0 Å². The summed E-state index contributed by atoms with van der Waals surface area (Å²) in [6.07, 6.45) is 0. The van der Waals surface area contributed by atoms with E-state index < -0.39 is 5.60 Å². The maximum Gasteiger partial charge on any atom is 0.106 e. The number of rotatable bonds is 0. The maximum atomic E-state index is 8.52. The highest BCUT2D eigenvalue weighted by molar-refractivity contribution is 5.10. The molecule has 2 heteroatoms. The van der Waals surface area contributed by atoms with Crippen molar-refractivity contribution >= 4 is 6.79 Å². The van der Waals surface area contributed by atoms with Crippen LogP contribution >= 0.6 is 0 Å². The summed E-state index contributed by atoms with van der Waals surface area (Å²) in [7, 11) is 0. The highest BCUT2D eigenvalue weighted by Crippen LogP contribution is 1.93. The molecule has 0 radical (unpaired) electrons. The summed E-state index contributed by atoms with van der Waals surface area (Å²) in [5, 5.41) is 8.52. The number of aliphatic hydroxyl groups is 1. The first kappa shape index (κ1) is 15.9. The average Bonchev–Trinajstić information content (AvgIpc) is 1.72. The van der Waals surface area contributed by atoms with Crippen LogP contribution in [0.4, 0.5) is 0 Å². The Morgan fingerprint density at radius 1 is 1.11 bits per heavy atom. The predicted molar refractivity (Wildman–Crippen MR) is 40.4 cm³/mol. The third-order valence-electron chi connectivity index (χ3n) is 0. The quantitative estimate of drug-likeness (QED) is 0.546. The van der Waals surface area contributed by atoms with Crippen molar-refractivity contribution in [1.82, 2.24) is 0 Å². The van der Waals surface area contributed by atoms with Gasteiger partial charge in [0.15, 0.2) is 0 Å². The first-order chi connectivity index (χ1) is 4.00. The van der Waals surface area contributed by atoms with E-state index in [0.717, 1.165) is 0 Å². The molecule has 0 aliphatic carbocycles. The lowest BCUT2D eigenvalue weighted by molar-refractivity contribution is -0.0979. The lowest BCUT2D eigenvalue weighted by atomic mass is 10.2. The molecular weight excluding hydrogens is 116 g/mol. The van der Waals surface area contributed by atoms with Crippen LogP contribution in [0, 0.1) is 0 Å². The Morgan fingerprint density at radius 3 is 1.11 bits per heavy atom. The molecule has 0 saturated carbocycles. The fourth-order valence-electron chi connectivity index (χ4n) is 0. The summed E-state index contributed by atoms with van der Waals surface area (Å²) < 4.78 is 0. The highest BCUT2D eigenvalue weighted by Gasteiger charge is 1.97. The summed E-state index contributed by atoms with van der Waals surface area (Å²) in [5.74, 6) is 0. The van der Waals surface area contributed by atoms with Gasteiger partial charge in [-0.2, -0.15) is 0 Å². The van der Waals surface area contributed by atoms with E-state index in [1.165, 1.54) is 0 Å². The van der Waals surface area contributed by atoms with Crippen LogP contribution in [-0.4, -0.2) is 17.5 Å². The van der Waals surface area contributed by atoms with E-state index in [1.54, 1.807) is 20.8 Å². The molecule has 0 aromatic heterocycles. The van der Waals surface area contributed by atoms with Crippen LogP contribution in [0.1, 0.15) is 34.6 Å². The van der Waals surface area contributed by atoms with Gasteiger partial charge in [-0.05, 0) is 20.8 Å². The molecule has 0 aromatic rings. The van der Waals surface area contributed by atoms with Gasteiger partial charge in [0, 0.05) is 0 Å². The second kappa shape index (κ2) is 10.6. The summed E-state index contributed by atoms with van der Waals surface area (Å²) in [6, 6.07) is 0. The molecule has 9 heavy (non-hydrogen) atoms. The van der Waals surface area contributed by atoms with Crippen LogP contribution in [0.15, 0.2) is 0 Å². The molecule has 0 heterocycles. The third kappa shape index (κ3) is 1770. The Labute approximate surface area is 57.9 Å². The zero-order valence-electron chi connectivity index (χ0n) is 7.06. The van der Waals surface area contributed by atoms with Gasteiger partial charge >= 0.3 is 0 Å². The standard InChI is InChI=1S/C4H10O.C2H6.CH2O/c1-4(2,3)5;2*1-2/h5H,1-3H3;1-2H3;1H2. The van der Waals surface area contributed by atoms with Crippen molar-refractivity contribution in [2.24, 2.45) is 0 Å². The van der Waals surface area contributed by atoms with Crippen molar-refractivity contribution in [3.05, 3.63) is 0 Å². The SMILES string of the molecule is C=O.CC.CC(C)(C)O. The van der Waals surface area contributed by atoms with E-state index >= 15 is 0 Å². The molecule has 58 valence electrons. The van der Waals surface area contributed by atoms with Gasteiger partial charge in [0.25, 0.3) is 0 Å². The van der Waals surface area contributed by atoms with Gasteiger partial charge in [0.05, 0.1) is 5.60 Å². The zero-order valence-corrected chi connectivity index (χ0v) is 7.06. The fraction of sp³-hybridized carbons (Fsp3) is 0.857. The predicted octanol–water partition coefficient (Wildman–Crippen LogP) is 1.62. The van der Waals surface area contributed by atoms with Gasteiger partial charge in [-0.3, -0.25) is 0 Å². The first-order valence-electron chi connectivity index (χ1n) is 3.01. The van der Waals surface area contributed by atoms with E-state index in [0.29, 0.717) is 0 Å². The van der Waals surface area contributed by atoms with Crippen molar-refractivity contribution in [3.63, 3.8) is 0 Å². The topological polar surface area (TPSA) is 37.3 Å². The first-order valence-corrected chi connectivity index (χ1v) is 3.01. The van der Waals surface area contributed by atoms with E-state index in [-0.39, 0.29) is 0 Å². The molecule has 2 nitrogen and oxygen atoms in total. The van der Waals surface area contributed by atoms with Crippen LogP contribution in [0.25, 0.3) is 0 Å². The minimum Gasteiger partial charge on any atom is -0.391 e. The Kier molecular flexibility index (Phi) is 18.6. The minimum absolute atomic E-state index is 0.500. The van der Waals surface area contributed by atoms with Crippen molar-refractivity contribution in [3.8, 4) is 0 Å². The molecule has 0 fully saturated rings. The van der Waals surface area contributed by atoms with Crippen molar-refractivity contribution in [2.45, 2.75) is 40.2 Å². The number of hydrogen-bond acceptors (Lipinski definition) is 2. The second-order valence-corrected chi connectivity index (χ2v) is 2.17. The lowest BCUT2D eigenvalue weighted by Gasteiger charge is -2.04. The molecule has 1 N–H and O–H groups in total. The largest absolute Gasteiger partial charge is 0.391 e. The zero-order chi connectivity index (χ0) is 8.50. The summed E-state index contributed by atoms with van der Waals surface area (Å²) in [4.78, 5) is 8.00. The van der Waals surface area contributed by atoms with Gasteiger partial charge in [-0.15, -0.1) is 0 Å². The highest BCUT2D eigenvalue weighted by atomic mass is 16.3. The number of carbonyl (C=O) groups is 1. The fourth-order valence-corrected chi connectivity index (χ4v) is 0. The van der Waals surface area contributed by atoms with Gasteiger partial charge in [0.1, 0.15) is 6.79 Å². The Morgan fingerprint density at radius 2 is 1.11 bits per heavy atom. The van der Waals surface area contributed by atoms with Crippen LogP contribution in [0.2, 0.25) is 0 Å². The molecule has 0 amide bonds. The normalized spacial score (nSPS) is 7.78. The van der Waals surface area contributed by atoms with Gasteiger partial charge in [0.2, 0.25) is 0 Å². The molecule has 0 atom stereocenters. The van der Waals surface area contributed by atoms with Gasteiger partial charge in [-0.25, -0.2) is 0 Å². The van der Waals surface area contributed by atoms with Crippen LogP contribution in [-0.2, 0) is 4.79 Å². The van der Waals surface area contributed by atoms with E-state index in [1.807, 2.05) is 20.6 Å². The monoisotopic (exact) mass is 134 g/mol. The molecule has 0 aromatic carbocycles. The average molecular weight is 134 g/mol. The van der Waals surface area contributed by atoms with Crippen LogP contribution in [0.5, 0.6) is 0 Å². The second-order valence-electron chi connectivity index (χ2n) is 2.17. The smallest absolute Gasteiger partial charge is 0.106 e. The molecular formula is C7H18O2. The Hall–Kier alpha value is -0.370. The van der Waals surface area contributed by atoms with E-state index in [2.05, 4.69) is 0 Å². The molecule has 0 aliphatic heterocycles. The summed E-state index contributed by atoms with van der Waals surface area (Å²) >= 11 is 0. The van der Waals surface area contributed by atoms with Gasteiger partial charge < -0.3 is 9.90 Å². The molecule has 0 saturated heterocycles. The minimum atomic E-state index is -0.500. The Bertz CT molecular complexity index is 30.7. The number of hydrogen-bond donors (Lipinski definition) is 1. The third-order valence-corrected chi connectivity index (χ3v) is 0. The van der Waals surface area contributed by atoms with E-state index in [9.17, 15) is 0 Å².